The molecular weight excluding hydrogens is 247 g/mol. The van der Waals surface area contributed by atoms with E-state index in [0.717, 1.165) is 17.7 Å². The minimum atomic E-state index is -4.35. The van der Waals surface area contributed by atoms with Crippen LogP contribution in [-0.2, 0) is 4.79 Å². The number of carboxylic acid groups (broad SMARTS) is 1. The second-order valence-corrected chi connectivity index (χ2v) is 5.38. The molecule has 0 amide bonds. The Morgan fingerprint density at radius 2 is 1.94 bits per heavy atom. The number of halogens is 3. The fourth-order valence-electron chi connectivity index (χ4n) is 2.89. The van der Waals surface area contributed by atoms with Crippen LogP contribution in [0.2, 0.25) is 0 Å². The first kappa shape index (κ1) is 15.3. The van der Waals surface area contributed by atoms with Gasteiger partial charge in [-0.1, -0.05) is 13.8 Å². The van der Waals surface area contributed by atoms with Gasteiger partial charge in [-0.25, -0.2) is 0 Å². The van der Waals surface area contributed by atoms with Gasteiger partial charge in [0.1, 0.15) is 0 Å². The summed E-state index contributed by atoms with van der Waals surface area (Å²) >= 11 is 0. The summed E-state index contributed by atoms with van der Waals surface area (Å²) in [7, 11) is 0. The monoisotopic (exact) mass is 267 g/mol. The van der Waals surface area contributed by atoms with Gasteiger partial charge in [-0.15, -0.1) is 0 Å². The first-order valence-corrected chi connectivity index (χ1v) is 6.21. The Morgan fingerprint density at radius 1 is 1.33 bits per heavy atom. The minimum Gasteiger partial charge on any atom is -0.480 e. The number of carbonyl (C=O) groups is 1. The quantitative estimate of drug-likeness (QED) is 0.851. The third-order valence-corrected chi connectivity index (χ3v) is 3.58. The molecule has 0 heterocycles. The van der Waals surface area contributed by atoms with Crippen LogP contribution >= 0.6 is 0 Å². The lowest BCUT2D eigenvalue weighted by Crippen LogP contribution is -2.49. The van der Waals surface area contributed by atoms with Crippen molar-refractivity contribution in [3.8, 4) is 0 Å². The maximum atomic E-state index is 12.5. The number of hydrogen-bond donors (Lipinski definition) is 1. The van der Waals surface area contributed by atoms with Crippen LogP contribution in [0.1, 0.15) is 33.1 Å². The summed E-state index contributed by atoms with van der Waals surface area (Å²) in [5, 5.41) is 8.74. The molecule has 0 radical (unpaired) electrons. The van der Waals surface area contributed by atoms with E-state index >= 15 is 0 Å². The molecule has 3 unspecified atom stereocenters. The third kappa shape index (κ3) is 4.84. The van der Waals surface area contributed by atoms with Gasteiger partial charge in [0.2, 0.25) is 0 Å². The van der Waals surface area contributed by atoms with Crippen molar-refractivity contribution in [2.45, 2.75) is 45.3 Å². The highest BCUT2D eigenvalue weighted by Crippen LogP contribution is 2.33. The van der Waals surface area contributed by atoms with E-state index in [4.69, 9.17) is 5.11 Å². The van der Waals surface area contributed by atoms with Gasteiger partial charge in [-0.3, -0.25) is 9.69 Å². The fourth-order valence-corrected chi connectivity index (χ4v) is 2.89. The molecular formula is C12H20F3NO2. The van der Waals surface area contributed by atoms with Crippen LogP contribution in [0.15, 0.2) is 0 Å². The predicted octanol–water partition coefficient (Wildman–Crippen LogP) is 2.76. The smallest absolute Gasteiger partial charge is 0.401 e. The summed E-state index contributed by atoms with van der Waals surface area (Å²) in [5.74, 6) is -0.589. The normalized spacial score (nSPS) is 29.6. The molecule has 0 saturated heterocycles. The molecule has 1 N–H and O–H groups in total. The van der Waals surface area contributed by atoms with Crippen LogP contribution in [0.25, 0.3) is 0 Å². The van der Waals surface area contributed by atoms with Gasteiger partial charge in [0.15, 0.2) is 0 Å². The van der Waals surface area contributed by atoms with E-state index in [1.54, 1.807) is 0 Å². The van der Waals surface area contributed by atoms with E-state index < -0.39 is 25.2 Å². The lowest BCUT2D eigenvalue weighted by Gasteiger charge is -2.40. The molecule has 3 nitrogen and oxygen atoms in total. The van der Waals surface area contributed by atoms with Crippen molar-refractivity contribution < 1.29 is 23.1 Å². The molecule has 18 heavy (non-hydrogen) atoms. The van der Waals surface area contributed by atoms with Gasteiger partial charge < -0.3 is 5.11 Å². The summed E-state index contributed by atoms with van der Waals surface area (Å²) < 4.78 is 37.4. The van der Waals surface area contributed by atoms with Crippen molar-refractivity contribution in [3.05, 3.63) is 0 Å². The number of carboxylic acids is 1. The highest BCUT2D eigenvalue weighted by Gasteiger charge is 2.38. The molecule has 0 bridgehead atoms. The van der Waals surface area contributed by atoms with Gasteiger partial charge in [0.05, 0.1) is 13.1 Å². The average Bonchev–Trinajstić information content (AvgIpc) is 2.12. The maximum Gasteiger partial charge on any atom is 0.401 e. The van der Waals surface area contributed by atoms with Crippen molar-refractivity contribution >= 4 is 5.97 Å². The summed E-state index contributed by atoms with van der Waals surface area (Å²) in [6, 6.07) is -0.279. The molecule has 1 aliphatic carbocycles. The number of nitrogens with zero attached hydrogens (tertiary/aromatic N) is 1. The molecule has 1 rings (SSSR count). The average molecular weight is 267 g/mol. The topological polar surface area (TPSA) is 40.5 Å². The zero-order valence-corrected chi connectivity index (χ0v) is 10.7. The zero-order valence-electron chi connectivity index (χ0n) is 10.7. The van der Waals surface area contributed by atoms with Crippen molar-refractivity contribution in [1.29, 1.82) is 0 Å². The molecule has 1 fully saturated rings. The molecule has 0 spiro atoms. The van der Waals surface area contributed by atoms with E-state index in [0.29, 0.717) is 12.3 Å². The Hall–Kier alpha value is -0.780. The van der Waals surface area contributed by atoms with Crippen molar-refractivity contribution in [2.75, 3.05) is 13.1 Å². The standard InChI is InChI=1S/C12H20F3NO2/c1-8-3-4-10(9(2)5-8)16(6-11(17)18)7-12(13,14)15/h8-10H,3-7H2,1-2H3,(H,17,18). The highest BCUT2D eigenvalue weighted by molar-refractivity contribution is 5.69. The largest absolute Gasteiger partial charge is 0.480 e. The SMILES string of the molecule is CC1CCC(N(CC(=O)O)CC(F)(F)F)C(C)C1. The molecule has 0 aromatic rings. The zero-order chi connectivity index (χ0) is 13.9. The summed E-state index contributed by atoms with van der Waals surface area (Å²) in [6.45, 7) is 2.31. The van der Waals surface area contributed by atoms with Gasteiger partial charge in [0, 0.05) is 6.04 Å². The Morgan fingerprint density at radius 3 is 2.39 bits per heavy atom. The lowest BCUT2D eigenvalue weighted by atomic mass is 9.79. The van der Waals surface area contributed by atoms with Crippen molar-refractivity contribution in [3.63, 3.8) is 0 Å². The Balaban J connectivity index is 2.72. The second kappa shape index (κ2) is 5.91. The van der Waals surface area contributed by atoms with E-state index in [9.17, 15) is 18.0 Å². The molecule has 0 aromatic carbocycles. The molecule has 0 aliphatic heterocycles. The Bertz CT molecular complexity index is 294. The van der Waals surface area contributed by atoms with Crippen LogP contribution in [0.5, 0.6) is 0 Å². The van der Waals surface area contributed by atoms with Gasteiger partial charge in [-0.2, -0.15) is 13.2 Å². The van der Waals surface area contributed by atoms with Gasteiger partial charge in [0.25, 0.3) is 0 Å². The number of alkyl halides is 3. The number of rotatable bonds is 4. The van der Waals surface area contributed by atoms with Crippen molar-refractivity contribution in [1.82, 2.24) is 4.90 Å². The molecule has 1 saturated carbocycles. The first-order valence-electron chi connectivity index (χ1n) is 6.21. The van der Waals surface area contributed by atoms with Crippen LogP contribution in [-0.4, -0.2) is 41.3 Å². The summed E-state index contributed by atoms with van der Waals surface area (Å²) in [4.78, 5) is 11.8. The Labute approximate surface area is 105 Å². The molecule has 3 atom stereocenters. The van der Waals surface area contributed by atoms with E-state index in [-0.39, 0.29) is 12.0 Å². The van der Waals surface area contributed by atoms with E-state index in [2.05, 4.69) is 6.92 Å². The van der Waals surface area contributed by atoms with Gasteiger partial charge >= 0.3 is 12.1 Å². The molecule has 106 valence electrons. The van der Waals surface area contributed by atoms with Crippen LogP contribution in [0, 0.1) is 11.8 Å². The van der Waals surface area contributed by atoms with E-state index in [1.165, 1.54) is 0 Å². The van der Waals surface area contributed by atoms with Gasteiger partial charge in [-0.05, 0) is 31.1 Å². The molecule has 1 aliphatic rings. The molecule has 0 aromatic heterocycles. The first-order chi connectivity index (χ1) is 8.19. The molecule has 6 heteroatoms. The van der Waals surface area contributed by atoms with Crippen molar-refractivity contribution in [2.24, 2.45) is 11.8 Å². The van der Waals surface area contributed by atoms with Crippen LogP contribution < -0.4 is 0 Å². The van der Waals surface area contributed by atoms with Crippen LogP contribution in [0.3, 0.4) is 0 Å². The maximum absolute atomic E-state index is 12.5. The second-order valence-electron chi connectivity index (χ2n) is 5.38. The summed E-state index contributed by atoms with van der Waals surface area (Å²) in [6.07, 6.45) is -1.98. The number of hydrogen-bond acceptors (Lipinski definition) is 2. The van der Waals surface area contributed by atoms with Crippen LogP contribution in [0.4, 0.5) is 13.2 Å². The highest BCUT2D eigenvalue weighted by atomic mass is 19.4. The fraction of sp³-hybridized carbons (Fsp3) is 0.917. The minimum absolute atomic E-state index is 0.107. The predicted molar refractivity (Wildman–Crippen MR) is 61.2 cm³/mol. The Kier molecular flexibility index (Phi) is 5.01. The summed E-state index contributed by atoms with van der Waals surface area (Å²) in [5.41, 5.74) is 0. The number of aliphatic carboxylic acids is 1. The lowest BCUT2D eigenvalue weighted by molar-refractivity contribution is -0.161. The van der Waals surface area contributed by atoms with E-state index in [1.807, 2.05) is 6.92 Å². The third-order valence-electron chi connectivity index (χ3n) is 3.58.